The van der Waals surface area contributed by atoms with Gasteiger partial charge in [-0.3, -0.25) is 0 Å². The van der Waals surface area contributed by atoms with Gasteiger partial charge in [0.1, 0.15) is 5.75 Å². The molecule has 2 rings (SSSR count). The first-order valence-electron chi connectivity index (χ1n) is 6.04. The Morgan fingerprint density at radius 2 is 2.06 bits per heavy atom. The second-order valence-electron chi connectivity index (χ2n) is 4.32. The summed E-state index contributed by atoms with van der Waals surface area (Å²) in [5, 5.41) is 0. The zero-order valence-electron chi connectivity index (χ0n) is 10.7. The van der Waals surface area contributed by atoms with Gasteiger partial charge >= 0.3 is 0 Å². The average molecular weight is 262 g/mol. The van der Waals surface area contributed by atoms with Crippen LogP contribution in [0.2, 0.25) is 0 Å². The molecule has 2 N–H and O–H groups in total. The maximum atomic E-state index is 5.80. The van der Waals surface area contributed by atoms with E-state index >= 15 is 0 Å². The molecule has 0 saturated heterocycles. The van der Waals surface area contributed by atoms with Crippen molar-refractivity contribution in [2.45, 2.75) is 26.3 Å². The van der Waals surface area contributed by atoms with E-state index in [-0.39, 0.29) is 6.04 Å². The molecule has 0 amide bonds. The Bertz CT molecular complexity index is 491. The highest BCUT2D eigenvalue weighted by molar-refractivity contribution is 7.09. The molecule has 1 aromatic heterocycles. The van der Waals surface area contributed by atoms with E-state index in [9.17, 15) is 0 Å². The predicted octanol–water partition coefficient (Wildman–Crippen LogP) is 3.09. The first-order chi connectivity index (χ1) is 8.66. The number of hydrogen-bond donors (Lipinski definition) is 1. The minimum Gasteiger partial charge on any atom is -0.493 e. The summed E-state index contributed by atoms with van der Waals surface area (Å²) in [5.74, 6) is 0.890. The molecule has 96 valence electrons. The Labute approximate surface area is 112 Å². The number of ether oxygens (including phenoxy) is 1. The fraction of sp³-hybridized carbons (Fsp3) is 0.357. The molecule has 18 heavy (non-hydrogen) atoms. The monoisotopic (exact) mass is 262 g/mol. The van der Waals surface area contributed by atoms with Gasteiger partial charge in [-0.05, 0) is 31.5 Å². The molecule has 0 aliphatic rings. The van der Waals surface area contributed by atoms with E-state index < -0.39 is 0 Å². The standard InChI is InChI=1S/C14H18N2OS/c1-10(15)12-3-5-13(6-4-12)17-8-7-14-11(2)16-9-18-14/h3-6,9-10H,7-8,15H2,1-2H3/t10-/m1/s1. The van der Waals surface area contributed by atoms with Crippen molar-refractivity contribution in [2.24, 2.45) is 5.73 Å². The molecule has 0 radical (unpaired) electrons. The molecule has 0 unspecified atom stereocenters. The van der Waals surface area contributed by atoms with E-state index in [1.54, 1.807) is 11.3 Å². The lowest BCUT2D eigenvalue weighted by atomic mass is 10.1. The van der Waals surface area contributed by atoms with E-state index in [0.717, 1.165) is 23.4 Å². The summed E-state index contributed by atoms with van der Waals surface area (Å²) < 4.78 is 5.71. The van der Waals surface area contributed by atoms with Crippen LogP contribution in [-0.4, -0.2) is 11.6 Å². The van der Waals surface area contributed by atoms with Gasteiger partial charge in [-0.15, -0.1) is 11.3 Å². The molecule has 1 atom stereocenters. The number of nitrogens with two attached hydrogens (primary N) is 1. The van der Waals surface area contributed by atoms with E-state index in [1.165, 1.54) is 4.88 Å². The van der Waals surface area contributed by atoms with Crippen molar-refractivity contribution in [1.82, 2.24) is 4.98 Å². The van der Waals surface area contributed by atoms with Crippen molar-refractivity contribution in [3.63, 3.8) is 0 Å². The van der Waals surface area contributed by atoms with Gasteiger partial charge in [0.15, 0.2) is 0 Å². The molecule has 0 fully saturated rings. The summed E-state index contributed by atoms with van der Waals surface area (Å²) in [6, 6.07) is 8.03. The first-order valence-corrected chi connectivity index (χ1v) is 6.92. The van der Waals surface area contributed by atoms with Gasteiger partial charge in [0.05, 0.1) is 17.8 Å². The summed E-state index contributed by atoms with van der Waals surface area (Å²) >= 11 is 1.68. The molecule has 3 nitrogen and oxygen atoms in total. The molecule has 2 aromatic rings. The van der Waals surface area contributed by atoms with Gasteiger partial charge in [-0.25, -0.2) is 4.98 Å². The molecule has 0 bridgehead atoms. The highest BCUT2D eigenvalue weighted by Gasteiger charge is 2.02. The third-order valence-corrected chi connectivity index (χ3v) is 3.84. The Morgan fingerprint density at radius 1 is 1.33 bits per heavy atom. The fourth-order valence-electron chi connectivity index (χ4n) is 1.70. The summed E-state index contributed by atoms with van der Waals surface area (Å²) in [5.41, 5.74) is 9.91. The topological polar surface area (TPSA) is 48.1 Å². The highest BCUT2D eigenvalue weighted by atomic mass is 32.1. The zero-order valence-corrected chi connectivity index (χ0v) is 11.5. The quantitative estimate of drug-likeness (QED) is 0.900. The maximum absolute atomic E-state index is 5.80. The van der Waals surface area contributed by atoms with E-state index in [2.05, 4.69) is 4.98 Å². The highest BCUT2D eigenvalue weighted by Crippen LogP contribution is 2.17. The third kappa shape index (κ3) is 3.31. The lowest BCUT2D eigenvalue weighted by molar-refractivity contribution is 0.322. The lowest BCUT2D eigenvalue weighted by Crippen LogP contribution is -2.05. The van der Waals surface area contributed by atoms with Gasteiger partial charge in [0.2, 0.25) is 0 Å². The number of nitrogens with zero attached hydrogens (tertiary/aromatic N) is 1. The molecule has 1 heterocycles. The van der Waals surface area contributed by atoms with Gasteiger partial charge in [-0.2, -0.15) is 0 Å². The van der Waals surface area contributed by atoms with Crippen LogP contribution >= 0.6 is 11.3 Å². The van der Waals surface area contributed by atoms with Gasteiger partial charge in [-0.1, -0.05) is 12.1 Å². The SMILES string of the molecule is Cc1ncsc1CCOc1ccc([C@@H](C)N)cc1. The molecule has 1 aromatic carbocycles. The number of aromatic nitrogens is 1. The summed E-state index contributed by atoms with van der Waals surface area (Å²) in [6.07, 6.45) is 0.908. The van der Waals surface area contributed by atoms with Crippen LogP contribution in [0.25, 0.3) is 0 Å². The number of hydrogen-bond acceptors (Lipinski definition) is 4. The second-order valence-corrected chi connectivity index (χ2v) is 5.26. The summed E-state index contributed by atoms with van der Waals surface area (Å²) in [7, 11) is 0. The number of aryl methyl sites for hydroxylation is 1. The fourth-order valence-corrected chi connectivity index (χ4v) is 2.46. The Morgan fingerprint density at radius 3 is 2.61 bits per heavy atom. The van der Waals surface area contributed by atoms with E-state index in [4.69, 9.17) is 10.5 Å². The Balaban J connectivity index is 1.85. The molecule has 0 aliphatic heterocycles. The van der Waals surface area contributed by atoms with Crippen LogP contribution in [0.4, 0.5) is 0 Å². The molecule has 0 aliphatic carbocycles. The van der Waals surface area contributed by atoms with Crippen LogP contribution in [0, 0.1) is 6.92 Å². The summed E-state index contributed by atoms with van der Waals surface area (Å²) in [4.78, 5) is 5.52. The smallest absolute Gasteiger partial charge is 0.119 e. The molecular weight excluding hydrogens is 244 g/mol. The van der Waals surface area contributed by atoms with Crippen molar-refractivity contribution >= 4 is 11.3 Å². The van der Waals surface area contributed by atoms with Crippen LogP contribution < -0.4 is 10.5 Å². The Hall–Kier alpha value is -1.39. The van der Waals surface area contributed by atoms with Crippen molar-refractivity contribution in [2.75, 3.05) is 6.61 Å². The van der Waals surface area contributed by atoms with Gasteiger partial charge in [0.25, 0.3) is 0 Å². The largest absolute Gasteiger partial charge is 0.493 e. The normalized spacial score (nSPS) is 12.4. The third-order valence-electron chi connectivity index (χ3n) is 2.85. The molecule has 0 spiro atoms. The maximum Gasteiger partial charge on any atom is 0.119 e. The van der Waals surface area contributed by atoms with Crippen LogP contribution in [0.15, 0.2) is 29.8 Å². The van der Waals surface area contributed by atoms with Crippen molar-refractivity contribution < 1.29 is 4.74 Å². The van der Waals surface area contributed by atoms with Crippen molar-refractivity contribution in [3.8, 4) is 5.75 Å². The van der Waals surface area contributed by atoms with E-state index in [0.29, 0.717) is 6.61 Å². The van der Waals surface area contributed by atoms with Gasteiger partial charge < -0.3 is 10.5 Å². The number of thiazole rings is 1. The predicted molar refractivity (Wildman–Crippen MR) is 75.1 cm³/mol. The lowest BCUT2D eigenvalue weighted by Gasteiger charge is -2.08. The molecule has 0 saturated carbocycles. The Kier molecular flexibility index (Phi) is 4.33. The average Bonchev–Trinajstić information content (AvgIpc) is 2.76. The molecular formula is C14H18N2OS. The molecule has 4 heteroatoms. The minimum atomic E-state index is 0.0684. The van der Waals surface area contributed by atoms with Crippen LogP contribution in [0.5, 0.6) is 5.75 Å². The number of rotatable bonds is 5. The van der Waals surface area contributed by atoms with Crippen LogP contribution in [0.3, 0.4) is 0 Å². The first kappa shape index (κ1) is 13.1. The van der Waals surface area contributed by atoms with E-state index in [1.807, 2.05) is 43.6 Å². The van der Waals surface area contributed by atoms with Crippen molar-refractivity contribution in [1.29, 1.82) is 0 Å². The number of benzene rings is 1. The minimum absolute atomic E-state index is 0.0684. The van der Waals surface area contributed by atoms with Crippen LogP contribution in [0.1, 0.15) is 29.1 Å². The van der Waals surface area contributed by atoms with Gasteiger partial charge in [0, 0.05) is 17.3 Å². The summed E-state index contributed by atoms with van der Waals surface area (Å²) in [6.45, 7) is 4.69. The van der Waals surface area contributed by atoms with Crippen molar-refractivity contribution in [3.05, 3.63) is 45.9 Å². The second kappa shape index (κ2) is 5.98. The van der Waals surface area contributed by atoms with Crippen LogP contribution in [-0.2, 0) is 6.42 Å². The zero-order chi connectivity index (χ0) is 13.0.